The predicted molar refractivity (Wildman–Crippen MR) is 86.1 cm³/mol. The molecule has 2 aliphatic rings. The second kappa shape index (κ2) is 6.92. The molecule has 0 radical (unpaired) electrons. The van der Waals surface area contributed by atoms with Gasteiger partial charge in [-0.3, -0.25) is 4.79 Å². The number of nitrogens with zero attached hydrogens (tertiary/aromatic N) is 1. The largest absolute Gasteiger partial charge is 0.338 e. The van der Waals surface area contributed by atoms with Gasteiger partial charge in [-0.15, -0.1) is 12.4 Å². The van der Waals surface area contributed by atoms with E-state index in [9.17, 15) is 4.79 Å². The highest BCUT2D eigenvalue weighted by molar-refractivity contribution is 9.10. The average molecular weight is 360 g/mol. The Morgan fingerprint density at radius 3 is 2.80 bits per heavy atom. The fourth-order valence-corrected chi connectivity index (χ4v) is 3.59. The van der Waals surface area contributed by atoms with Gasteiger partial charge in [0.15, 0.2) is 0 Å². The number of nitrogens with one attached hydrogen (secondary N) is 1. The molecular formula is C15H20BrClN2O. The summed E-state index contributed by atoms with van der Waals surface area (Å²) in [6.07, 6.45) is 2.95. The normalized spacial score (nSPS) is 19.1. The van der Waals surface area contributed by atoms with E-state index < -0.39 is 0 Å². The van der Waals surface area contributed by atoms with Gasteiger partial charge in [0, 0.05) is 23.5 Å². The standard InChI is InChI=1S/C15H19BrN2O.ClH/c16-14-3-1-2-11-6-9-18(10-13(11)14)15(19)12-4-7-17-8-5-12;/h1-3,12,17H,4-10H2;1H. The quantitative estimate of drug-likeness (QED) is 0.836. The summed E-state index contributed by atoms with van der Waals surface area (Å²) in [5.41, 5.74) is 2.67. The third kappa shape index (κ3) is 3.18. The second-order valence-corrected chi connectivity index (χ2v) is 6.27. The molecule has 110 valence electrons. The van der Waals surface area contributed by atoms with Gasteiger partial charge in [0.05, 0.1) is 0 Å². The van der Waals surface area contributed by atoms with Crippen molar-refractivity contribution in [3.05, 3.63) is 33.8 Å². The van der Waals surface area contributed by atoms with E-state index in [1.54, 1.807) is 0 Å². The third-order valence-electron chi connectivity index (χ3n) is 4.22. The topological polar surface area (TPSA) is 32.3 Å². The number of benzene rings is 1. The minimum atomic E-state index is 0. The van der Waals surface area contributed by atoms with Crippen LogP contribution in [0.5, 0.6) is 0 Å². The van der Waals surface area contributed by atoms with Crippen LogP contribution in [0, 0.1) is 5.92 Å². The monoisotopic (exact) mass is 358 g/mol. The van der Waals surface area contributed by atoms with Gasteiger partial charge in [-0.1, -0.05) is 28.1 Å². The minimum absolute atomic E-state index is 0. The van der Waals surface area contributed by atoms with Crippen molar-refractivity contribution in [3.8, 4) is 0 Å². The van der Waals surface area contributed by atoms with Crippen molar-refractivity contribution in [2.24, 2.45) is 5.92 Å². The van der Waals surface area contributed by atoms with Crippen LogP contribution < -0.4 is 5.32 Å². The molecule has 0 spiro atoms. The lowest BCUT2D eigenvalue weighted by Crippen LogP contribution is -2.43. The number of carbonyl (C=O) groups excluding carboxylic acids is 1. The molecule has 3 nitrogen and oxygen atoms in total. The smallest absolute Gasteiger partial charge is 0.226 e. The Balaban J connectivity index is 0.00000147. The number of rotatable bonds is 1. The SMILES string of the molecule is Cl.O=C(C1CCNCC1)N1CCc2cccc(Br)c2C1. The highest BCUT2D eigenvalue weighted by atomic mass is 79.9. The summed E-state index contributed by atoms with van der Waals surface area (Å²) in [6, 6.07) is 6.32. The summed E-state index contributed by atoms with van der Waals surface area (Å²) >= 11 is 3.61. The van der Waals surface area contributed by atoms with Crippen LogP contribution in [-0.2, 0) is 17.8 Å². The van der Waals surface area contributed by atoms with Gasteiger partial charge in [0.25, 0.3) is 0 Å². The molecular weight excluding hydrogens is 340 g/mol. The highest BCUT2D eigenvalue weighted by Gasteiger charge is 2.28. The molecule has 0 aromatic heterocycles. The van der Waals surface area contributed by atoms with E-state index in [1.165, 1.54) is 11.1 Å². The summed E-state index contributed by atoms with van der Waals surface area (Å²) in [4.78, 5) is 14.6. The van der Waals surface area contributed by atoms with Gasteiger partial charge in [-0.2, -0.15) is 0 Å². The minimum Gasteiger partial charge on any atom is -0.338 e. The lowest BCUT2D eigenvalue weighted by atomic mass is 9.94. The van der Waals surface area contributed by atoms with E-state index in [-0.39, 0.29) is 18.3 Å². The Bertz CT molecular complexity index is 489. The Hall–Kier alpha value is -0.580. The molecule has 0 saturated carbocycles. The fraction of sp³-hybridized carbons (Fsp3) is 0.533. The van der Waals surface area contributed by atoms with Crippen LogP contribution in [-0.4, -0.2) is 30.4 Å². The van der Waals surface area contributed by atoms with Crippen molar-refractivity contribution in [1.82, 2.24) is 10.2 Å². The van der Waals surface area contributed by atoms with E-state index in [2.05, 4.69) is 39.4 Å². The van der Waals surface area contributed by atoms with Gasteiger partial charge < -0.3 is 10.2 Å². The Labute approximate surface area is 134 Å². The first-order chi connectivity index (χ1) is 9.25. The van der Waals surface area contributed by atoms with Crippen LogP contribution in [0.3, 0.4) is 0 Å². The maximum atomic E-state index is 12.6. The van der Waals surface area contributed by atoms with E-state index in [0.717, 1.165) is 49.9 Å². The highest BCUT2D eigenvalue weighted by Crippen LogP contribution is 2.28. The molecule has 0 atom stereocenters. The van der Waals surface area contributed by atoms with Crippen LogP contribution in [0.4, 0.5) is 0 Å². The zero-order valence-corrected chi connectivity index (χ0v) is 13.8. The average Bonchev–Trinajstić information content (AvgIpc) is 2.47. The first kappa shape index (κ1) is 15.8. The molecule has 1 saturated heterocycles. The van der Waals surface area contributed by atoms with E-state index in [0.29, 0.717) is 5.91 Å². The lowest BCUT2D eigenvalue weighted by Gasteiger charge is -2.33. The van der Waals surface area contributed by atoms with Crippen molar-refractivity contribution < 1.29 is 4.79 Å². The number of piperidine rings is 1. The number of halogens is 2. The summed E-state index contributed by atoms with van der Waals surface area (Å²) in [5, 5.41) is 3.32. The molecule has 1 aromatic carbocycles. The maximum Gasteiger partial charge on any atom is 0.226 e. The third-order valence-corrected chi connectivity index (χ3v) is 4.96. The van der Waals surface area contributed by atoms with Gasteiger partial charge >= 0.3 is 0 Å². The Kier molecular flexibility index (Phi) is 5.47. The van der Waals surface area contributed by atoms with E-state index >= 15 is 0 Å². The summed E-state index contributed by atoms with van der Waals surface area (Å²) < 4.78 is 1.13. The maximum absolute atomic E-state index is 12.6. The predicted octanol–water partition coefficient (Wildman–Crippen LogP) is 2.76. The first-order valence-corrected chi connectivity index (χ1v) is 7.81. The summed E-state index contributed by atoms with van der Waals surface area (Å²) in [6.45, 7) is 3.58. The molecule has 20 heavy (non-hydrogen) atoms. The van der Waals surface area contributed by atoms with Crippen LogP contribution in [0.15, 0.2) is 22.7 Å². The molecule has 1 N–H and O–H groups in total. The molecule has 3 rings (SSSR count). The number of hydrogen-bond acceptors (Lipinski definition) is 2. The van der Waals surface area contributed by atoms with Crippen molar-refractivity contribution in [1.29, 1.82) is 0 Å². The molecule has 1 amide bonds. The zero-order valence-electron chi connectivity index (χ0n) is 11.4. The van der Waals surface area contributed by atoms with Crippen LogP contribution >= 0.6 is 28.3 Å². The van der Waals surface area contributed by atoms with Crippen LogP contribution in [0.1, 0.15) is 24.0 Å². The molecule has 0 aliphatic carbocycles. The fourth-order valence-electron chi connectivity index (χ4n) is 3.06. The first-order valence-electron chi connectivity index (χ1n) is 7.01. The van der Waals surface area contributed by atoms with Gasteiger partial charge in [0.1, 0.15) is 0 Å². The molecule has 2 aliphatic heterocycles. The Morgan fingerprint density at radius 2 is 2.05 bits per heavy atom. The molecule has 1 aromatic rings. The van der Waals surface area contributed by atoms with Crippen LogP contribution in [0.2, 0.25) is 0 Å². The van der Waals surface area contributed by atoms with Crippen LogP contribution in [0.25, 0.3) is 0 Å². The second-order valence-electron chi connectivity index (χ2n) is 5.41. The van der Waals surface area contributed by atoms with Crippen molar-refractivity contribution in [2.45, 2.75) is 25.8 Å². The lowest BCUT2D eigenvalue weighted by molar-refractivity contribution is -0.137. The van der Waals surface area contributed by atoms with Crippen molar-refractivity contribution >= 4 is 34.2 Å². The van der Waals surface area contributed by atoms with Gasteiger partial charge in [0.2, 0.25) is 5.91 Å². The van der Waals surface area contributed by atoms with E-state index in [1.807, 2.05) is 4.90 Å². The summed E-state index contributed by atoms with van der Waals surface area (Å²) in [5.74, 6) is 0.577. The van der Waals surface area contributed by atoms with E-state index in [4.69, 9.17) is 0 Å². The number of hydrogen-bond donors (Lipinski definition) is 1. The van der Waals surface area contributed by atoms with Gasteiger partial charge in [-0.25, -0.2) is 0 Å². The zero-order chi connectivity index (χ0) is 13.2. The number of carbonyl (C=O) groups is 1. The van der Waals surface area contributed by atoms with Crippen molar-refractivity contribution in [3.63, 3.8) is 0 Å². The van der Waals surface area contributed by atoms with Gasteiger partial charge in [-0.05, 0) is 49.5 Å². The number of fused-ring (bicyclic) bond motifs is 1. The molecule has 5 heteroatoms. The molecule has 2 heterocycles. The number of amides is 1. The molecule has 1 fully saturated rings. The van der Waals surface area contributed by atoms with Crippen molar-refractivity contribution in [2.75, 3.05) is 19.6 Å². The Morgan fingerprint density at radius 1 is 1.30 bits per heavy atom. The molecule has 0 bridgehead atoms. The molecule has 0 unspecified atom stereocenters. The summed E-state index contributed by atoms with van der Waals surface area (Å²) in [7, 11) is 0.